The Morgan fingerprint density at radius 1 is 1.30 bits per heavy atom. The molecule has 1 aliphatic heterocycles. The SMILES string of the molecule is Cc1ccc([C@H](CNC(=O)COc2ccccc2Cl)N2CCC(C)CC2)o1. The number of likely N-dealkylation sites (tertiary alicyclic amines) is 1. The maximum atomic E-state index is 12.3. The van der Waals surface area contributed by atoms with Crippen molar-refractivity contribution in [1.82, 2.24) is 10.2 Å². The summed E-state index contributed by atoms with van der Waals surface area (Å²) < 4.78 is 11.4. The predicted octanol–water partition coefficient (Wildman–Crippen LogP) is 4.21. The minimum Gasteiger partial charge on any atom is -0.482 e. The van der Waals surface area contributed by atoms with Gasteiger partial charge in [0.1, 0.15) is 17.3 Å². The number of hydrogen-bond acceptors (Lipinski definition) is 4. The fraction of sp³-hybridized carbons (Fsp3) is 0.476. The van der Waals surface area contributed by atoms with E-state index in [9.17, 15) is 4.79 Å². The van der Waals surface area contributed by atoms with E-state index in [2.05, 4.69) is 17.1 Å². The van der Waals surface area contributed by atoms with E-state index in [0.717, 1.165) is 30.5 Å². The molecule has 5 nitrogen and oxygen atoms in total. The van der Waals surface area contributed by atoms with Crippen LogP contribution in [-0.2, 0) is 4.79 Å². The number of rotatable bonds is 7. The fourth-order valence-corrected chi connectivity index (χ4v) is 3.54. The zero-order valence-corrected chi connectivity index (χ0v) is 16.7. The number of piperidine rings is 1. The molecule has 3 rings (SSSR count). The largest absolute Gasteiger partial charge is 0.482 e. The maximum absolute atomic E-state index is 12.3. The Morgan fingerprint density at radius 3 is 2.70 bits per heavy atom. The number of halogens is 1. The lowest BCUT2D eigenvalue weighted by molar-refractivity contribution is -0.123. The average molecular weight is 391 g/mol. The van der Waals surface area contributed by atoms with Crippen LogP contribution in [0.1, 0.15) is 37.3 Å². The highest BCUT2D eigenvalue weighted by Gasteiger charge is 2.27. The topological polar surface area (TPSA) is 54.7 Å². The summed E-state index contributed by atoms with van der Waals surface area (Å²) in [5.41, 5.74) is 0. The molecule has 1 N–H and O–H groups in total. The van der Waals surface area contributed by atoms with Crippen LogP contribution >= 0.6 is 11.6 Å². The molecule has 1 aliphatic rings. The molecular weight excluding hydrogens is 364 g/mol. The smallest absolute Gasteiger partial charge is 0.258 e. The number of benzene rings is 1. The Balaban J connectivity index is 1.57. The fourth-order valence-electron chi connectivity index (χ4n) is 3.35. The van der Waals surface area contributed by atoms with E-state index in [1.165, 1.54) is 12.8 Å². The summed E-state index contributed by atoms with van der Waals surface area (Å²) in [5, 5.41) is 3.48. The van der Waals surface area contributed by atoms with Gasteiger partial charge in [0.2, 0.25) is 0 Å². The molecule has 27 heavy (non-hydrogen) atoms. The summed E-state index contributed by atoms with van der Waals surface area (Å²) in [4.78, 5) is 14.7. The van der Waals surface area contributed by atoms with Gasteiger partial charge in [0.15, 0.2) is 6.61 Å². The van der Waals surface area contributed by atoms with Gasteiger partial charge in [0.05, 0.1) is 11.1 Å². The van der Waals surface area contributed by atoms with Crippen LogP contribution in [-0.4, -0.2) is 37.0 Å². The van der Waals surface area contributed by atoms with Gasteiger partial charge in [0.25, 0.3) is 5.91 Å². The molecule has 1 aromatic heterocycles. The Kier molecular flexibility index (Phi) is 6.80. The molecule has 1 atom stereocenters. The third kappa shape index (κ3) is 5.50. The molecular formula is C21H27ClN2O3. The molecule has 6 heteroatoms. The van der Waals surface area contributed by atoms with E-state index in [1.807, 2.05) is 31.2 Å². The summed E-state index contributed by atoms with van der Waals surface area (Å²) in [6.07, 6.45) is 2.33. The highest BCUT2D eigenvalue weighted by molar-refractivity contribution is 6.32. The molecule has 0 bridgehead atoms. The third-order valence-corrected chi connectivity index (χ3v) is 5.35. The second kappa shape index (κ2) is 9.29. The second-order valence-electron chi connectivity index (χ2n) is 7.21. The first-order valence-corrected chi connectivity index (χ1v) is 9.85. The number of ether oxygens (including phenoxy) is 1. The van der Waals surface area contributed by atoms with E-state index in [1.54, 1.807) is 12.1 Å². The summed E-state index contributed by atoms with van der Waals surface area (Å²) >= 11 is 6.06. The molecule has 146 valence electrons. The number of nitrogens with one attached hydrogen (secondary N) is 1. The average Bonchev–Trinajstić information content (AvgIpc) is 3.09. The quantitative estimate of drug-likeness (QED) is 0.769. The Morgan fingerprint density at radius 2 is 2.04 bits per heavy atom. The van der Waals surface area contributed by atoms with Gasteiger partial charge in [-0.15, -0.1) is 0 Å². The van der Waals surface area contributed by atoms with E-state index in [4.69, 9.17) is 20.8 Å². The van der Waals surface area contributed by atoms with Crippen LogP contribution in [0.5, 0.6) is 5.75 Å². The number of carbonyl (C=O) groups excluding carboxylic acids is 1. The zero-order chi connectivity index (χ0) is 19.2. The van der Waals surface area contributed by atoms with Gasteiger partial charge in [0, 0.05) is 6.54 Å². The van der Waals surface area contributed by atoms with Crippen molar-refractivity contribution >= 4 is 17.5 Å². The lowest BCUT2D eigenvalue weighted by Crippen LogP contribution is -2.42. The predicted molar refractivity (Wildman–Crippen MR) is 106 cm³/mol. The van der Waals surface area contributed by atoms with E-state index >= 15 is 0 Å². The van der Waals surface area contributed by atoms with Gasteiger partial charge in [-0.05, 0) is 63.0 Å². The lowest BCUT2D eigenvalue weighted by atomic mass is 9.97. The number of carbonyl (C=O) groups is 1. The number of furan rings is 1. The molecule has 0 saturated carbocycles. The van der Waals surface area contributed by atoms with Crippen molar-refractivity contribution in [3.63, 3.8) is 0 Å². The summed E-state index contributed by atoms with van der Waals surface area (Å²) in [6, 6.07) is 11.1. The van der Waals surface area contributed by atoms with Crippen molar-refractivity contribution in [2.75, 3.05) is 26.2 Å². The minimum absolute atomic E-state index is 0.0375. The molecule has 0 unspecified atom stereocenters. The van der Waals surface area contributed by atoms with E-state index in [-0.39, 0.29) is 18.6 Å². The Bertz CT molecular complexity index is 753. The molecule has 2 heterocycles. The van der Waals surface area contributed by atoms with Gasteiger partial charge in [-0.3, -0.25) is 9.69 Å². The summed E-state index contributed by atoms with van der Waals surface area (Å²) in [7, 11) is 0. The van der Waals surface area contributed by atoms with Gasteiger partial charge < -0.3 is 14.5 Å². The van der Waals surface area contributed by atoms with Crippen LogP contribution in [0.4, 0.5) is 0 Å². The molecule has 1 saturated heterocycles. The first-order valence-electron chi connectivity index (χ1n) is 9.47. The second-order valence-corrected chi connectivity index (χ2v) is 7.61. The van der Waals surface area contributed by atoms with E-state index in [0.29, 0.717) is 17.3 Å². The van der Waals surface area contributed by atoms with Crippen molar-refractivity contribution in [3.05, 3.63) is 52.9 Å². The van der Waals surface area contributed by atoms with Gasteiger partial charge in [-0.1, -0.05) is 30.7 Å². The van der Waals surface area contributed by atoms with Crippen molar-refractivity contribution < 1.29 is 13.9 Å². The molecule has 0 spiro atoms. The highest BCUT2D eigenvalue weighted by atomic mass is 35.5. The van der Waals surface area contributed by atoms with Gasteiger partial charge in [-0.25, -0.2) is 0 Å². The maximum Gasteiger partial charge on any atom is 0.258 e. The number of nitrogens with zero attached hydrogens (tertiary/aromatic N) is 1. The van der Waals surface area contributed by atoms with Crippen molar-refractivity contribution in [1.29, 1.82) is 0 Å². The van der Waals surface area contributed by atoms with Gasteiger partial charge in [-0.2, -0.15) is 0 Å². The van der Waals surface area contributed by atoms with Crippen molar-refractivity contribution in [2.24, 2.45) is 5.92 Å². The normalized spacial score (nSPS) is 16.9. The van der Waals surface area contributed by atoms with Crippen LogP contribution < -0.4 is 10.1 Å². The lowest BCUT2D eigenvalue weighted by Gasteiger charge is -2.35. The number of hydrogen-bond donors (Lipinski definition) is 1. The number of amides is 1. The number of para-hydroxylation sites is 1. The van der Waals surface area contributed by atoms with Crippen LogP contribution in [0.3, 0.4) is 0 Å². The highest BCUT2D eigenvalue weighted by Crippen LogP contribution is 2.27. The standard InChI is InChI=1S/C21H27ClN2O3/c1-15-9-11-24(12-10-15)18(20-8-7-16(2)27-20)13-23-21(25)14-26-19-6-4-3-5-17(19)22/h3-8,15,18H,9-14H2,1-2H3,(H,23,25)/t18-/m0/s1. The van der Waals surface area contributed by atoms with E-state index < -0.39 is 0 Å². The molecule has 1 aromatic carbocycles. The van der Waals surface area contributed by atoms with Crippen LogP contribution in [0.25, 0.3) is 0 Å². The van der Waals surface area contributed by atoms with Crippen LogP contribution in [0.2, 0.25) is 5.02 Å². The van der Waals surface area contributed by atoms with Crippen molar-refractivity contribution in [3.8, 4) is 5.75 Å². The Hall–Kier alpha value is -1.98. The molecule has 1 amide bonds. The molecule has 0 radical (unpaired) electrons. The third-order valence-electron chi connectivity index (χ3n) is 5.04. The van der Waals surface area contributed by atoms with Crippen LogP contribution in [0.15, 0.2) is 40.8 Å². The Labute approximate surface area is 165 Å². The minimum atomic E-state index is -0.173. The first-order chi connectivity index (χ1) is 13.0. The molecule has 2 aromatic rings. The summed E-state index contributed by atoms with van der Waals surface area (Å²) in [6.45, 7) is 6.68. The van der Waals surface area contributed by atoms with Crippen LogP contribution in [0, 0.1) is 12.8 Å². The van der Waals surface area contributed by atoms with Gasteiger partial charge >= 0.3 is 0 Å². The van der Waals surface area contributed by atoms with Crippen molar-refractivity contribution in [2.45, 2.75) is 32.7 Å². The first kappa shape index (κ1) is 19.8. The summed E-state index contributed by atoms with van der Waals surface area (Å²) in [5.74, 6) is 2.87. The zero-order valence-electron chi connectivity index (χ0n) is 15.9. The molecule has 0 aliphatic carbocycles. The monoisotopic (exact) mass is 390 g/mol. The molecule has 1 fully saturated rings. The number of aryl methyl sites for hydroxylation is 1.